The number of hydrogen-bond donors (Lipinski definition) is 2. The third kappa shape index (κ3) is 10.3. The lowest BCUT2D eigenvalue weighted by Gasteiger charge is -2.15. The van der Waals surface area contributed by atoms with E-state index in [0.29, 0.717) is 0 Å². The molecule has 1 N–H and O–H groups in total. The summed E-state index contributed by atoms with van der Waals surface area (Å²) in [5, 5.41) is 2.65. The molecule has 0 aliphatic carbocycles. The van der Waals surface area contributed by atoms with Crippen molar-refractivity contribution in [2.24, 2.45) is 0 Å². The lowest BCUT2D eigenvalue weighted by molar-refractivity contribution is 0.270. The van der Waals surface area contributed by atoms with Crippen molar-refractivity contribution in [3.63, 3.8) is 0 Å². The number of amides is 1. The van der Waals surface area contributed by atoms with E-state index in [0.717, 1.165) is 18.5 Å². The van der Waals surface area contributed by atoms with Crippen LogP contribution in [0.4, 0.5) is 10.5 Å². The van der Waals surface area contributed by atoms with Gasteiger partial charge in [-0.15, -0.1) is 0 Å². The van der Waals surface area contributed by atoms with E-state index in [1.54, 1.807) is 0 Å². The lowest BCUT2D eigenvalue weighted by Crippen LogP contribution is -2.07. The van der Waals surface area contributed by atoms with Crippen LogP contribution in [0.1, 0.15) is 102 Å². The molecule has 3 heteroatoms. The average molecular weight is 378 g/mol. The fraction of sp³-hybridized carbons (Fsp3) is 0.696. The minimum atomic E-state index is -0.272. The van der Waals surface area contributed by atoms with E-state index >= 15 is 0 Å². The molecular formula is C23H39NOS. The van der Waals surface area contributed by atoms with E-state index in [1.807, 2.05) is 6.07 Å². The Morgan fingerprint density at radius 3 is 1.92 bits per heavy atom. The number of anilines is 1. The van der Waals surface area contributed by atoms with Gasteiger partial charge in [-0.1, -0.05) is 103 Å². The highest BCUT2D eigenvalue weighted by atomic mass is 32.1. The monoisotopic (exact) mass is 377 g/mol. The quantitative estimate of drug-likeness (QED) is 0.235. The fourth-order valence-electron chi connectivity index (χ4n) is 3.57. The van der Waals surface area contributed by atoms with E-state index in [2.05, 4.69) is 43.9 Å². The van der Waals surface area contributed by atoms with Crippen LogP contribution in [0.15, 0.2) is 18.2 Å². The lowest BCUT2D eigenvalue weighted by atomic mass is 9.95. The molecule has 0 aromatic heterocycles. The molecule has 0 saturated carbocycles. The maximum Gasteiger partial charge on any atom is 0.280 e. The van der Waals surface area contributed by atoms with Crippen LogP contribution in [-0.4, -0.2) is 5.24 Å². The zero-order valence-electron chi connectivity index (χ0n) is 17.0. The molecule has 1 aromatic rings. The van der Waals surface area contributed by atoms with E-state index in [1.165, 1.54) is 88.2 Å². The summed E-state index contributed by atoms with van der Waals surface area (Å²) < 4.78 is 0. The molecule has 148 valence electrons. The van der Waals surface area contributed by atoms with Gasteiger partial charge in [0.1, 0.15) is 0 Å². The molecule has 1 amide bonds. The first-order chi connectivity index (χ1) is 12.7. The summed E-state index contributed by atoms with van der Waals surface area (Å²) in [5.74, 6) is 0. The molecule has 0 fully saturated rings. The highest BCUT2D eigenvalue weighted by Gasteiger charge is 2.10. The van der Waals surface area contributed by atoms with Crippen molar-refractivity contribution in [3.8, 4) is 0 Å². The first kappa shape index (κ1) is 23.1. The average Bonchev–Trinajstić information content (AvgIpc) is 2.62. The molecular weight excluding hydrogens is 338 g/mol. The first-order valence-corrected chi connectivity index (χ1v) is 11.2. The van der Waals surface area contributed by atoms with Crippen LogP contribution in [0.5, 0.6) is 0 Å². The number of rotatable bonds is 15. The normalized spacial score (nSPS) is 10.9. The molecule has 2 nitrogen and oxygen atoms in total. The Hall–Kier alpha value is -0.960. The number of thiol groups is 1. The van der Waals surface area contributed by atoms with Crippen molar-refractivity contribution in [2.75, 3.05) is 5.32 Å². The van der Waals surface area contributed by atoms with Gasteiger partial charge in [-0.3, -0.25) is 4.79 Å². The molecule has 1 aromatic carbocycles. The number of carbonyl (C=O) groups excluding carboxylic acids is 1. The number of hydrogen-bond acceptors (Lipinski definition) is 1. The third-order valence-corrected chi connectivity index (χ3v) is 5.21. The van der Waals surface area contributed by atoms with Gasteiger partial charge in [0.2, 0.25) is 0 Å². The van der Waals surface area contributed by atoms with Gasteiger partial charge in [-0.2, -0.15) is 0 Å². The van der Waals surface area contributed by atoms with Gasteiger partial charge >= 0.3 is 0 Å². The van der Waals surface area contributed by atoms with Crippen molar-refractivity contribution in [3.05, 3.63) is 29.3 Å². The number of unbranched alkanes of at least 4 members (excludes halogenated alkanes) is 10. The molecule has 0 atom stereocenters. The topological polar surface area (TPSA) is 29.1 Å². The predicted octanol–water partition coefficient (Wildman–Crippen LogP) is 7.95. The third-order valence-electron chi connectivity index (χ3n) is 5.09. The smallest absolute Gasteiger partial charge is 0.280 e. The van der Waals surface area contributed by atoms with Crippen molar-refractivity contribution in [1.82, 2.24) is 0 Å². The van der Waals surface area contributed by atoms with Gasteiger partial charge in [-0.25, -0.2) is 0 Å². The van der Waals surface area contributed by atoms with E-state index in [9.17, 15) is 4.79 Å². The van der Waals surface area contributed by atoms with Crippen LogP contribution in [0.2, 0.25) is 0 Å². The van der Waals surface area contributed by atoms with E-state index in [-0.39, 0.29) is 5.24 Å². The van der Waals surface area contributed by atoms with Crippen molar-refractivity contribution in [1.29, 1.82) is 0 Å². The zero-order chi connectivity index (χ0) is 19.0. The van der Waals surface area contributed by atoms with Crippen LogP contribution in [0, 0.1) is 0 Å². The van der Waals surface area contributed by atoms with Crippen LogP contribution < -0.4 is 5.32 Å². The SMILES string of the molecule is CCCCCCCCc1cccc(NC(=O)S)c1CCCCCCCC. The zero-order valence-corrected chi connectivity index (χ0v) is 17.9. The molecule has 0 bridgehead atoms. The Morgan fingerprint density at radius 1 is 0.808 bits per heavy atom. The standard InChI is InChI=1S/C23H39NOS/c1-3-5-7-9-11-13-16-20-17-15-19-22(24-23(25)26)21(20)18-14-12-10-8-6-4-2/h15,17,19H,3-14,16,18H2,1-2H3,(H2,24,25,26). The highest BCUT2D eigenvalue weighted by molar-refractivity contribution is 7.96. The number of aryl methyl sites for hydroxylation is 1. The molecule has 0 saturated heterocycles. The van der Waals surface area contributed by atoms with Crippen LogP contribution in [0.25, 0.3) is 0 Å². The second-order valence-electron chi connectivity index (χ2n) is 7.41. The molecule has 0 aliphatic rings. The fourth-order valence-corrected chi connectivity index (χ4v) is 3.69. The molecule has 1 rings (SSSR count). The second-order valence-corrected chi connectivity index (χ2v) is 7.82. The Morgan fingerprint density at radius 2 is 1.35 bits per heavy atom. The summed E-state index contributed by atoms with van der Waals surface area (Å²) in [4.78, 5) is 11.4. The van der Waals surface area contributed by atoms with Gasteiger partial charge in [0.15, 0.2) is 0 Å². The largest absolute Gasteiger partial charge is 0.317 e. The summed E-state index contributed by atoms with van der Waals surface area (Å²) in [6.07, 6.45) is 17.9. The number of benzene rings is 1. The molecule has 26 heavy (non-hydrogen) atoms. The van der Waals surface area contributed by atoms with E-state index in [4.69, 9.17) is 0 Å². The molecule has 0 unspecified atom stereocenters. The van der Waals surface area contributed by atoms with Gasteiger partial charge < -0.3 is 5.32 Å². The highest BCUT2D eigenvalue weighted by Crippen LogP contribution is 2.25. The number of carbonyl (C=O) groups is 1. The minimum absolute atomic E-state index is 0.272. The van der Waals surface area contributed by atoms with Crippen LogP contribution >= 0.6 is 12.6 Å². The van der Waals surface area contributed by atoms with Gasteiger partial charge in [-0.05, 0) is 42.9 Å². The van der Waals surface area contributed by atoms with Crippen molar-refractivity contribution >= 4 is 23.6 Å². The summed E-state index contributed by atoms with van der Waals surface area (Å²) in [6, 6.07) is 6.33. The Kier molecular flexibility index (Phi) is 13.4. The summed E-state index contributed by atoms with van der Waals surface area (Å²) in [6.45, 7) is 4.51. The maximum absolute atomic E-state index is 11.4. The summed E-state index contributed by atoms with van der Waals surface area (Å²) >= 11 is 3.91. The van der Waals surface area contributed by atoms with Crippen molar-refractivity contribution < 1.29 is 4.79 Å². The maximum atomic E-state index is 11.4. The van der Waals surface area contributed by atoms with Crippen molar-refractivity contribution in [2.45, 2.75) is 104 Å². The predicted molar refractivity (Wildman–Crippen MR) is 119 cm³/mol. The summed E-state index contributed by atoms with van der Waals surface area (Å²) in [5.41, 5.74) is 3.70. The molecule has 0 radical (unpaired) electrons. The Labute approximate surface area is 167 Å². The Balaban J connectivity index is 2.58. The Bertz CT molecular complexity index is 501. The number of nitrogens with one attached hydrogen (secondary N) is 1. The second kappa shape index (κ2) is 15.1. The van der Waals surface area contributed by atoms with E-state index < -0.39 is 0 Å². The van der Waals surface area contributed by atoms with Gasteiger partial charge in [0.25, 0.3) is 5.24 Å². The molecule has 0 spiro atoms. The minimum Gasteiger partial charge on any atom is -0.317 e. The van der Waals surface area contributed by atoms with Crippen LogP contribution in [-0.2, 0) is 12.8 Å². The van der Waals surface area contributed by atoms with Gasteiger partial charge in [0, 0.05) is 5.69 Å². The van der Waals surface area contributed by atoms with Gasteiger partial charge in [0.05, 0.1) is 0 Å². The summed E-state index contributed by atoms with van der Waals surface area (Å²) in [7, 11) is 0. The molecule has 0 heterocycles. The molecule has 0 aliphatic heterocycles. The van der Waals surface area contributed by atoms with Crippen LogP contribution in [0.3, 0.4) is 0 Å². The first-order valence-electron chi connectivity index (χ1n) is 10.8.